The Kier molecular flexibility index (Phi) is 4.90. The summed E-state index contributed by atoms with van der Waals surface area (Å²) in [6, 6.07) is 2.05. The van der Waals surface area contributed by atoms with Gasteiger partial charge in [0.05, 0.1) is 22.7 Å². The van der Waals surface area contributed by atoms with Gasteiger partial charge in [0.1, 0.15) is 23.1 Å². The summed E-state index contributed by atoms with van der Waals surface area (Å²) in [6.45, 7) is 2.87. The second-order valence-electron chi connectivity index (χ2n) is 4.11. The van der Waals surface area contributed by atoms with Crippen LogP contribution in [0.25, 0.3) is 0 Å². The minimum atomic E-state index is -4.14. The molecule has 0 radical (unpaired) electrons. The molecule has 0 aliphatic heterocycles. The molecule has 0 atom stereocenters. The Morgan fingerprint density at radius 2 is 2.19 bits per heavy atom. The number of imidazole rings is 1. The number of aryl methyl sites for hydroxylation is 1. The molecule has 0 saturated heterocycles. The number of nitrogens with zero attached hydrogens (tertiary/aromatic N) is 2. The highest BCUT2D eigenvalue weighted by atomic mass is 79.9. The SMILES string of the molecule is CCn1cncc1COc1cc(F)c(S(=O)(=O)Cl)cc1Br. The minimum Gasteiger partial charge on any atom is -0.486 e. The van der Waals surface area contributed by atoms with Gasteiger partial charge in [0.2, 0.25) is 0 Å². The standard InChI is InChI=1S/C12H11BrClFN2O3S/c1-2-17-7-16-5-8(17)6-20-11-4-10(15)12(3-9(11)13)21(14,18)19/h3-5,7H,2,6H2,1H3. The Morgan fingerprint density at radius 1 is 1.48 bits per heavy atom. The number of rotatable bonds is 5. The van der Waals surface area contributed by atoms with E-state index in [0.717, 1.165) is 24.4 Å². The maximum atomic E-state index is 13.8. The molecule has 0 aliphatic rings. The first-order valence-corrected chi connectivity index (χ1v) is 8.98. The van der Waals surface area contributed by atoms with Crippen LogP contribution in [0.5, 0.6) is 5.75 Å². The zero-order valence-electron chi connectivity index (χ0n) is 10.9. The Balaban J connectivity index is 2.24. The van der Waals surface area contributed by atoms with Crippen LogP contribution in [0, 0.1) is 5.82 Å². The first-order chi connectivity index (χ1) is 9.82. The summed E-state index contributed by atoms with van der Waals surface area (Å²) in [5, 5.41) is 0. The molecule has 0 unspecified atom stereocenters. The summed E-state index contributed by atoms with van der Waals surface area (Å²) in [4.78, 5) is 3.40. The third-order valence-corrected chi connectivity index (χ3v) is 4.72. The Labute approximate surface area is 134 Å². The van der Waals surface area contributed by atoms with E-state index in [2.05, 4.69) is 20.9 Å². The summed E-state index contributed by atoms with van der Waals surface area (Å²) in [5.41, 5.74) is 0.818. The van der Waals surface area contributed by atoms with Gasteiger partial charge in [0.25, 0.3) is 9.05 Å². The maximum Gasteiger partial charge on any atom is 0.264 e. The average molecular weight is 398 g/mol. The fourth-order valence-corrected chi connectivity index (χ4v) is 3.23. The van der Waals surface area contributed by atoms with Crippen LogP contribution < -0.4 is 4.74 Å². The molecular formula is C12H11BrClFN2O3S. The topological polar surface area (TPSA) is 61.2 Å². The molecule has 5 nitrogen and oxygen atoms in total. The number of hydrogen-bond donors (Lipinski definition) is 0. The van der Waals surface area contributed by atoms with Crippen molar-refractivity contribution in [1.82, 2.24) is 9.55 Å². The van der Waals surface area contributed by atoms with Crippen molar-refractivity contribution in [1.29, 1.82) is 0 Å². The van der Waals surface area contributed by atoms with Crippen LogP contribution in [-0.2, 0) is 22.2 Å². The molecule has 0 spiro atoms. The molecule has 2 rings (SSSR count). The molecule has 0 amide bonds. The third-order valence-electron chi connectivity index (χ3n) is 2.76. The molecule has 0 saturated carbocycles. The van der Waals surface area contributed by atoms with Crippen LogP contribution in [0.2, 0.25) is 0 Å². The molecule has 0 bridgehead atoms. The fraction of sp³-hybridized carbons (Fsp3) is 0.250. The van der Waals surface area contributed by atoms with E-state index in [0.29, 0.717) is 4.47 Å². The van der Waals surface area contributed by atoms with Crippen molar-refractivity contribution in [3.05, 3.63) is 40.6 Å². The Hall–Kier alpha value is -1.12. The van der Waals surface area contributed by atoms with E-state index in [1.54, 1.807) is 12.5 Å². The van der Waals surface area contributed by atoms with Crippen LogP contribution in [0.4, 0.5) is 4.39 Å². The lowest BCUT2D eigenvalue weighted by molar-refractivity contribution is 0.291. The van der Waals surface area contributed by atoms with E-state index in [1.807, 2.05) is 11.5 Å². The fourth-order valence-electron chi connectivity index (χ4n) is 1.71. The summed E-state index contributed by atoms with van der Waals surface area (Å²) >= 11 is 3.14. The normalized spacial score (nSPS) is 11.6. The van der Waals surface area contributed by atoms with Gasteiger partial charge >= 0.3 is 0 Å². The third kappa shape index (κ3) is 3.75. The van der Waals surface area contributed by atoms with Crippen LogP contribution in [0.1, 0.15) is 12.6 Å². The van der Waals surface area contributed by atoms with Crippen LogP contribution >= 0.6 is 26.6 Å². The molecule has 1 heterocycles. The molecule has 9 heteroatoms. The summed E-state index contributed by atoms with van der Waals surface area (Å²) in [6.07, 6.45) is 3.31. The second-order valence-corrected chi connectivity index (χ2v) is 7.50. The Morgan fingerprint density at radius 3 is 2.81 bits per heavy atom. The van der Waals surface area contributed by atoms with Gasteiger partial charge in [-0.3, -0.25) is 0 Å². The van der Waals surface area contributed by atoms with Crippen LogP contribution in [-0.4, -0.2) is 18.0 Å². The largest absolute Gasteiger partial charge is 0.486 e. The summed E-state index contributed by atoms with van der Waals surface area (Å²) in [5.74, 6) is -0.785. The van der Waals surface area contributed by atoms with Crippen molar-refractivity contribution in [2.75, 3.05) is 0 Å². The monoisotopic (exact) mass is 396 g/mol. The summed E-state index contributed by atoms with van der Waals surface area (Å²) < 4.78 is 43.8. The van der Waals surface area contributed by atoms with Gasteiger partial charge in [-0.25, -0.2) is 17.8 Å². The van der Waals surface area contributed by atoms with Gasteiger partial charge in [-0.2, -0.15) is 0 Å². The molecule has 21 heavy (non-hydrogen) atoms. The van der Waals surface area contributed by atoms with Crippen LogP contribution in [0.3, 0.4) is 0 Å². The quantitative estimate of drug-likeness (QED) is 0.726. The lowest BCUT2D eigenvalue weighted by Gasteiger charge is -2.11. The highest BCUT2D eigenvalue weighted by Gasteiger charge is 2.19. The second kappa shape index (κ2) is 6.33. The average Bonchev–Trinajstić information content (AvgIpc) is 2.85. The van der Waals surface area contributed by atoms with Crippen molar-refractivity contribution >= 4 is 35.7 Å². The van der Waals surface area contributed by atoms with E-state index >= 15 is 0 Å². The van der Waals surface area contributed by atoms with Crippen molar-refractivity contribution < 1.29 is 17.5 Å². The molecule has 0 N–H and O–H groups in total. The smallest absolute Gasteiger partial charge is 0.264 e. The highest BCUT2D eigenvalue weighted by molar-refractivity contribution is 9.10. The predicted octanol–water partition coefficient (Wildman–Crippen LogP) is 3.31. The number of aromatic nitrogens is 2. The predicted molar refractivity (Wildman–Crippen MR) is 79.4 cm³/mol. The van der Waals surface area contributed by atoms with E-state index < -0.39 is 19.8 Å². The molecule has 2 aromatic rings. The lowest BCUT2D eigenvalue weighted by atomic mass is 10.3. The van der Waals surface area contributed by atoms with E-state index in [-0.39, 0.29) is 12.4 Å². The van der Waals surface area contributed by atoms with Gasteiger partial charge in [0, 0.05) is 23.3 Å². The molecule has 1 aromatic heterocycles. The molecular weight excluding hydrogens is 387 g/mol. The van der Waals surface area contributed by atoms with Crippen molar-refractivity contribution in [2.45, 2.75) is 25.0 Å². The highest BCUT2D eigenvalue weighted by Crippen LogP contribution is 2.32. The zero-order valence-corrected chi connectivity index (χ0v) is 14.0. The van der Waals surface area contributed by atoms with E-state index in [1.165, 1.54) is 0 Å². The van der Waals surface area contributed by atoms with Crippen LogP contribution in [0.15, 0.2) is 34.0 Å². The van der Waals surface area contributed by atoms with Gasteiger partial charge in [0.15, 0.2) is 0 Å². The van der Waals surface area contributed by atoms with Gasteiger partial charge in [-0.05, 0) is 28.9 Å². The zero-order chi connectivity index (χ0) is 15.6. The van der Waals surface area contributed by atoms with E-state index in [9.17, 15) is 12.8 Å². The van der Waals surface area contributed by atoms with Gasteiger partial charge < -0.3 is 9.30 Å². The van der Waals surface area contributed by atoms with Crippen molar-refractivity contribution in [3.63, 3.8) is 0 Å². The number of halogens is 3. The minimum absolute atomic E-state index is 0.179. The molecule has 0 aliphatic carbocycles. The van der Waals surface area contributed by atoms with Gasteiger partial charge in [-0.15, -0.1) is 0 Å². The van der Waals surface area contributed by atoms with Gasteiger partial charge in [-0.1, -0.05) is 0 Å². The number of benzene rings is 1. The Bertz CT molecular complexity index is 764. The van der Waals surface area contributed by atoms with Crippen molar-refractivity contribution in [3.8, 4) is 5.75 Å². The van der Waals surface area contributed by atoms with E-state index in [4.69, 9.17) is 15.4 Å². The number of hydrogen-bond acceptors (Lipinski definition) is 4. The van der Waals surface area contributed by atoms with Crippen molar-refractivity contribution in [2.24, 2.45) is 0 Å². The lowest BCUT2D eigenvalue weighted by Crippen LogP contribution is -2.05. The maximum absolute atomic E-state index is 13.8. The first kappa shape index (κ1) is 16.3. The molecule has 0 fully saturated rings. The molecule has 114 valence electrons. The number of ether oxygens (including phenoxy) is 1. The summed E-state index contributed by atoms with van der Waals surface area (Å²) in [7, 11) is 1.00. The first-order valence-electron chi connectivity index (χ1n) is 5.88. The molecule has 1 aromatic carbocycles.